The van der Waals surface area contributed by atoms with E-state index in [2.05, 4.69) is 20.6 Å². The maximum absolute atomic E-state index is 11.3. The van der Waals surface area contributed by atoms with Crippen LogP contribution in [0.4, 0.5) is 0 Å². The minimum absolute atomic E-state index is 0.206. The summed E-state index contributed by atoms with van der Waals surface area (Å²) < 4.78 is 4.34. The summed E-state index contributed by atoms with van der Waals surface area (Å²) in [5.41, 5.74) is 2.39. The number of rotatable bonds is 3. The van der Waals surface area contributed by atoms with Crippen molar-refractivity contribution in [2.24, 2.45) is 5.10 Å². The fourth-order valence-corrected chi connectivity index (χ4v) is 0.965. The number of carbonyl (C=O) groups excluding carboxylic acids is 3. The minimum Gasteiger partial charge on any atom is -0.468 e. The standard InChI is InChI=1S/C8H11N3O4/c1-15-7(13)4-9-8(14)5-2-3-6(12)11-10-5/h2-4H2,1H3,(H,9,14)(H,11,12). The molecular formula is C8H11N3O4. The molecule has 15 heavy (non-hydrogen) atoms. The molecule has 0 aliphatic carbocycles. The summed E-state index contributed by atoms with van der Waals surface area (Å²) in [5, 5.41) is 5.89. The quantitative estimate of drug-likeness (QED) is 0.560. The Morgan fingerprint density at radius 2 is 2.27 bits per heavy atom. The van der Waals surface area contributed by atoms with Gasteiger partial charge in [-0.1, -0.05) is 0 Å². The molecule has 0 spiro atoms. The molecule has 0 saturated carbocycles. The molecule has 7 heteroatoms. The van der Waals surface area contributed by atoms with Gasteiger partial charge in [0.15, 0.2) is 0 Å². The van der Waals surface area contributed by atoms with E-state index in [9.17, 15) is 14.4 Å². The number of esters is 1. The highest BCUT2D eigenvalue weighted by molar-refractivity contribution is 6.39. The molecule has 0 radical (unpaired) electrons. The molecule has 0 bridgehead atoms. The van der Waals surface area contributed by atoms with Crippen LogP contribution in [0, 0.1) is 0 Å². The van der Waals surface area contributed by atoms with E-state index in [-0.39, 0.29) is 31.0 Å². The number of carbonyl (C=O) groups is 3. The van der Waals surface area contributed by atoms with Crippen molar-refractivity contribution in [3.8, 4) is 0 Å². The number of hydrogen-bond donors (Lipinski definition) is 2. The topological polar surface area (TPSA) is 96.9 Å². The van der Waals surface area contributed by atoms with Crippen LogP contribution in [0.2, 0.25) is 0 Å². The van der Waals surface area contributed by atoms with Crippen LogP contribution < -0.4 is 10.7 Å². The summed E-state index contributed by atoms with van der Waals surface area (Å²) in [4.78, 5) is 32.7. The maximum atomic E-state index is 11.3. The first-order valence-electron chi connectivity index (χ1n) is 4.34. The van der Waals surface area contributed by atoms with Crippen molar-refractivity contribution < 1.29 is 19.1 Å². The smallest absolute Gasteiger partial charge is 0.325 e. The Labute approximate surface area is 85.9 Å². The monoisotopic (exact) mass is 213 g/mol. The van der Waals surface area contributed by atoms with Crippen LogP contribution >= 0.6 is 0 Å². The lowest BCUT2D eigenvalue weighted by molar-refractivity contribution is -0.140. The molecule has 0 aromatic rings. The van der Waals surface area contributed by atoms with Gasteiger partial charge in [-0.2, -0.15) is 5.10 Å². The molecule has 0 saturated heterocycles. The van der Waals surface area contributed by atoms with Crippen molar-refractivity contribution >= 4 is 23.5 Å². The predicted octanol–water partition coefficient (Wildman–Crippen LogP) is -1.46. The van der Waals surface area contributed by atoms with Gasteiger partial charge in [-0.25, -0.2) is 5.43 Å². The lowest BCUT2D eigenvalue weighted by Gasteiger charge is -2.11. The van der Waals surface area contributed by atoms with Gasteiger partial charge in [0.25, 0.3) is 5.91 Å². The van der Waals surface area contributed by atoms with Gasteiger partial charge in [0.2, 0.25) is 5.91 Å². The van der Waals surface area contributed by atoms with Crippen molar-refractivity contribution in [3.63, 3.8) is 0 Å². The fraction of sp³-hybridized carbons (Fsp3) is 0.500. The fourth-order valence-electron chi connectivity index (χ4n) is 0.965. The molecule has 1 aliphatic rings. The average Bonchev–Trinajstić information content (AvgIpc) is 2.26. The van der Waals surface area contributed by atoms with E-state index < -0.39 is 11.9 Å². The van der Waals surface area contributed by atoms with Crippen molar-refractivity contribution in [2.45, 2.75) is 12.8 Å². The maximum Gasteiger partial charge on any atom is 0.325 e. The normalized spacial score (nSPS) is 15.0. The molecule has 2 N–H and O–H groups in total. The van der Waals surface area contributed by atoms with E-state index in [1.54, 1.807) is 0 Å². The molecular weight excluding hydrogens is 202 g/mol. The van der Waals surface area contributed by atoms with Crippen LogP contribution in [0.25, 0.3) is 0 Å². The molecule has 7 nitrogen and oxygen atoms in total. The number of methoxy groups -OCH3 is 1. The molecule has 2 amide bonds. The van der Waals surface area contributed by atoms with E-state index in [4.69, 9.17) is 0 Å². The summed E-state index contributed by atoms with van der Waals surface area (Å²) in [6, 6.07) is 0. The third-order valence-corrected chi connectivity index (χ3v) is 1.79. The number of amides is 2. The third kappa shape index (κ3) is 3.37. The van der Waals surface area contributed by atoms with E-state index in [0.717, 1.165) is 0 Å². The summed E-state index contributed by atoms with van der Waals surface area (Å²) in [6.45, 7) is -0.206. The molecule has 0 fully saturated rings. The summed E-state index contributed by atoms with van der Waals surface area (Å²) in [5.74, 6) is -1.23. The number of hydrazone groups is 1. The van der Waals surface area contributed by atoms with E-state index in [1.165, 1.54) is 7.11 Å². The first-order valence-corrected chi connectivity index (χ1v) is 4.34. The summed E-state index contributed by atoms with van der Waals surface area (Å²) in [7, 11) is 1.23. The summed E-state index contributed by atoms with van der Waals surface area (Å²) >= 11 is 0. The highest BCUT2D eigenvalue weighted by Gasteiger charge is 2.18. The van der Waals surface area contributed by atoms with E-state index in [0.29, 0.717) is 0 Å². The molecule has 0 unspecified atom stereocenters. The Morgan fingerprint density at radius 1 is 1.53 bits per heavy atom. The van der Waals surface area contributed by atoms with E-state index >= 15 is 0 Å². The molecule has 82 valence electrons. The van der Waals surface area contributed by atoms with Gasteiger partial charge in [-0.05, 0) is 0 Å². The van der Waals surface area contributed by atoms with Gasteiger partial charge in [0.1, 0.15) is 12.3 Å². The second-order valence-corrected chi connectivity index (χ2v) is 2.85. The minimum atomic E-state index is -0.538. The number of nitrogens with one attached hydrogen (secondary N) is 2. The predicted molar refractivity (Wildman–Crippen MR) is 49.8 cm³/mol. The molecule has 1 aliphatic heterocycles. The molecule has 1 heterocycles. The zero-order valence-electron chi connectivity index (χ0n) is 8.20. The molecule has 1 rings (SSSR count). The Balaban J connectivity index is 2.41. The lowest BCUT2D eigenvalue weighted by Crippen LogP contribution is -2.39. The highest BCUT2D eigenvalue weighted by atomic mass is 16.5. The third-order valence-electron chi connectivity index (χ3n) is 1.79. The Kier molecular flexibility index (Phi) is 3.78. The van der Waals surface area contributed by atoms with Crippen molar-refractivity contribution in [2.75, 3.05) is 13.7 Å². The van der Waals surface area contributed by atoms with Gasteiger partial charge >= 0.3 is 5.97 Å². The Morgan fingerprint density at radius 3 is 2.80 bits per heavy atom. The first kappa shape index (κ1) is 11.2. The second kappa shape index (κ2) is 5.08. The van der Waals surface area contributed by atoms with Gasteiger partial charge < -0.3 is 10.1 Å². The van der Waals surface area contributed by atoms with Crippen LogP contribution in [0.3, 0.4) is 0 Å². The average molecular weight is 213 g/mol. The largest absolute Gasteiger partial charge is 0.468 e. The van der Waals surface area contributed by atoms with Crippen LogP contribution in [0.1, 0.15) is 12.8 Å². The van der Waals surface area contributed by atoms with Gasteiger partial charge in [-0.3, -0.25) is 14.4 Å². The molecule has 0 aromatic carbocycles. The second-order valence-electron chi connectivity index (χ2n) is 2.85. The van der Waals surface area contributed by atoms with Crippen LogP contribution in [-0.2, 0) is 19.1 Å². The van der Waals surface area contributed by atoms with Gasteiger partial charge in [0.05, 0.1) is 7.11 Å². The molecule has 0 aromatic heterocycles. The van der Waals surface area contributed by atoms with Crippen molar-refractivity contribution in [1.29, 1.82) is 0 Å². The van der Waals surface area contributed by atoms with Gasteiger partial charge in [0, 0.05) is 12.8 Å². The zero-order chi connectivity index (χ0) is 11.3. The Hall–Kier alpha value is -1.92. The number of hydrogen-bond acceptors (Lipinski definition) is 5. The number of nitrogens with zero attached hydrogens (tertiary/aromatic N) is 1. The Bertz CT molecular complexity index is 324. The van der Waals surface area contributed by atoms with Crippen molar-refractivity contribution in [3.05, 3.63) is 0 Å². The summed E-state index contributed by atoms with van der Waals surface area (Å²) in [6.07, 6.45) is 0.503. The lowest BCUT2D eigenvalue weighted by atomic mass is 10.1. The van der Waals surface area contributed by atoms with Crippen LogP contribution in [-0.4, -0.2) is 37.1 Å². The van der Waals surface area contributed by atoms with Crippen molar-refractivity contribution in [1.82, 2.24) is 10.7 Å². The van der Waals surface area contributed by atoms with Crippen LogP contribution in [0.15, 0.2) is 5.10 Å². The first-order chi connectivity index (χ1) is 7.13. The zero-order valence-corrected chi connectivity index (χ0v) is 8.20. The van der Waals surface area contributed by atoms with Crippen LogP contribution in [0.5, 0.6) is 0 Å². The molecule has 0 atom stereocenters. The highest BCUT2D eigenvalue weighted by Crippen LogP contribution is 1.99. The van der Waals surface area contributed by atoms with E-state index in [1.807, 2.05) is 0 Å². The SMILES string of the molecule is COC(=O)CNC(=O)C1=NNC(=O)CC1. The van der Waals surface area contributed by atoms with Gasteiger partial charge in [-0.15, -0.1) is 0 Å². The number of ether oxygens (including phenoxy) is 1.